The molecule has 2 aliphatic heterocycles. The maximum atomic E-state index is 13.7. The van der Waals surface area contributed by atoms with E-state index < -0.39 is 24.0 Å². The van der Waals surface area contributed by atoms with Crippen molar-refractivity contribution in [3.05, 3.63) is 106 Å². The highest BCUT2D eigenvalue weighted by Crippen LogP contribution is 2.48. The molecule has 4 aromatic rings. The number of benzene rings is 3. The Morgan fingerprint density at radius 2 is 1.44 bits per heavy atom. The van der Waals surface area contributed by atoms with Gasteiger partial charge in [0.1, 0.15) is 23.5 Å². The van der Waals surface area contributed by atoms with Crippen molar-refractivity contribution in [1.82, 2.24) is 0 Å². The van der Waals surface area contributed by atoms with Gasteiger partial charge in [-0.3, -0.25) is 14.4 Å². The number of carbonyl (C=O) groups is 2. The highest BCUT2D eigenvalue weighted by molar-refractivity contribution is 6.36. The number of carbonyl (C=O) groups excluding carboxylic acids is 2. The third-order valence-corrected chi connectivity index (χ3v) is 7.13. The van der Waals surface area contributed by atoms with Gasteiger partial charge in [-0.2, -0.15) is 0 Å². The summed E-state index contributed by atoms with van der Waals surface area (Å²) in [4.78, 5) is 34.4. The summed E-state index contributed by atoms with van der Waals surface area (Å²) in [6.45, 7) is 0. The molecule has 2 aliphatic rings. The molecule has 2 saturated heterocycles. The van der Waals surface area contributed by atoms with E-state index in [1.165, 1.54) is 0 Å². The molecule has 9 heteroatoms. The Bertz CT molecular complexity index is 1470. The Kier molecular flexibility index (Phi) is 5.77. The van der Waals surface area contributed by atoms with Crippen molar-refractivity contribution in [3.8, 4) is 11.3 Å². The zero-order valence-electron chi connectivity index (χ0n) is 18.5. The molecule has 0 radical (unpaired) electrons. The van der Waals surface area contributed by atoms with Crippen LogP contribution in [0.5, 0.6) is 0 Å². The molecule has 0 N–H and O–H groups in total. The fourth-order valence-corrected chi connectivity index (χ4v) is 5.32. The van der Waals surface area contributed by atoms with Crippen molar-refractivity contribution in [3.63, 3.8) is 0 Å². The van der Waals surface area contributed by atoms with E-state index in [2.05, 4.69) is 0 Å². The van der Waals surface area contributed by atoms with Gasteiger partial charge in [0.15, 0.2) is 6.10 Å². The predicted molar refractivity (Wildman–Crippen MR) is 138 cm³/mol. The fourth-order valence-electron chi connectivity index (χ4n) is 4.69. The zero-order chi connectivity index (χ0) is 25.0. The van der Waals surface area contributed by atoms with Crippen LogP contribution in [0.2, 0.25) is 15.1 Å². The van der Waals surface area contributed by atoms with Crippen molar-refractivity contribution in [2.24, 2.45) is 5.92 Å². The third kappa shape index (κ3) is 3.78. The lowest BCUT2D eigenvalue weighted by atomic mass is 9.94. The lowest BCUT2D eigenvalue weighted by molar-refractivity contribution is -0.126. The second-order valence-corrected chi connectivity index (χ2v) is 9.75. The van der Waals surface area contributed by atoms with Crippen molar-refractivity contribution in [1.29, 1.82) is 0 Å². The minimum atomic E-state index is -1.01. The van der Waals surface area contributed by atoms with Crippen LogP contribution in [0.1, 0.15) is 11.8 Å². The number of hydrogen-bond acceptors (Lipinski definition) is 5. The maximum absolute atomic E-state index is 13.7. The molecule has 3 aromatic carbocycles. The topological polar surface area (TPSA) is 63.0 Å². The number of fused-ring (bicyclic) bond motifs is 1. The molecule has 0 aliphatic carbocycles. The number of halogens is 3. The first-order valence-corrected chi connectivity index (χ1v) is 12.3. The first-order valence-electron chi connectivity index (χ1n) is 11.1. The van der Waals surface area contributed by atoms with Gasteiger partial charge in [0, 0.05) is 15.6 Å². The smallest absolute Gasteiger partial charge is 0.266 e. The van der Waals surface area contributed by atoms with E-state index in [1.807, 2.05) is 30.3 Å². The second kappa shape index (κ2) is 8.98. The van der Waals surface area contributed by atoms with Crippen LogP contribution in [0.3, 0.4) is 0 Å². The SMILES string of the molecule is O=C1[C@@H]2[C@@H](ON(c3ccccc3)[C@H]2c2ccc(-c3ccc(Cl)cc3Cl)o2)C(=O)N1c1ccc(Cl)cc1. The van der Waals surface area contributed by atoms with Gasteiger partial charge in [-0.05, 0) is 66.7 Å². The van der Waals surface area contributed by atoms with E-state index >= 15 is 0 Å². The highest BCUT2D eigenvalue weighted by Gasteiger charge is 2.61. The summed E-state index contributed by atoms with van der Waals surface area (Å²) in [5.74, 6) is -0.671. The maximum Gasteiger partial charge on any atom is 0.266 e. The average molecular weight is 540 g/mol. The Hall–Kier alpha value is -3.29. The normalized spacial score (nSPS) is 21.4. The van der Waals surface area contributed by atoms with Gasteiger partial charge < -0.3 is 4.42 Å². The first-order chi connectivity index (χ1) is 17.4. The van der Waals surface area contributed by atoms with E-state index in [0.717, 1.165) is 4.90 Å². The number of hydrogen-bond donors (Lipinski definition) is 0. The Morgan fingerprint density at radius 1 is 0.722 bits per heavy atom. The number of furan rings is 1. The molecule has 6 rings (SSSR count). The Morgan fingerprint density at radius 3 is 2.17 bits per heavy atom. The van der Waals surface area contributed by atoms with Crippen LogP contribution in [-0.2, 0) is 14.4 Å². The number of hydroxylamine groups is 1. The van der Waals surface area contributed by atoms with Gasteiger partial charge in [-0.15, -0.1) is 0 Å². The molecular weight excluding hydrogens is 523 g/mol. The van der Waals surface area contributed by atoms with Crippen LogP contribution >= 0.6 is 34.8 Å². The van der Waals surface area contributed by atoms with Crippen LogP contribution < -0.4 is 9.96 Å². The average Bonchev–Trinajstić information content (AvgIpc) is 3.56. The minimum absolute atomic E-state index is 0.377. The summed E-state index contributed by atoms with van der Waals surface area (Å²) in [6, 6.07) is 23.8. The van der Waals surface area contributed by atoms with Crippen LogP contribution in [0.4, 0.5) is 11.4 Å². The molecule has 0 unspecified atom stereocenters. The van der Waals surface area contributed by atoms with E-state index in [-0.39, 0.29) is 5.91 Å². The van der Waals surface area contributed by atoms with Gasteiger partial charge in [-0.25, -0.2) is 9.96 Å². The van der Waals surface area contributed by atoms with Crippen molar-refractivity contribution in [2.75, 3.05) is 9.96 Å². The molecule has 180 valence electrons. The standard InChI is InChI=1S/C27H17Cl3N2O4/c28-15-6-9-17(10-7-15)31-26(33)23-24(32(36-25(23)27(31)34)18-4-2-1-3-5-18)22-13-12-21(35-22)19-11-8-16(29)14-20(19)30/h1-14,23-25H/t23-,24-,25+/m0/s1. The number of para-hydroxylation sites is 1. The molecule has 1 aromatic heterocycles. The van der Waals surface area contributed by atoms with Crippen LogP contribution in [0.25, 0.3) is 11.3 Å². The summed E-state index contributed by atoms with van der Waals surface area (Å²) in [7, 11) is 0. The number of imide groups is 1. The molecule has 3 heterocycles. The van der Waals surface area contributed by atoms with E-state index in [1.54, 1.807) is 59.7 Å². The number of anilines is 2. The monoisotopic (exact) mass is 538 g/mol. The summed E-state index contributed by atoms with van der Waals surface area (Å²) in [6.07, 6.45) is -1.01. The summed E-state index contributed by atoms with van der Waals surface area (Å²) < 4.78 is 6.23. The molecule has 3 atom stereocenters. The number of rotatable bonds is 4. The van der Waals surface area contributed by atoms with E-state index in [4.69, 9.17) is 44.1 Å². The quantitative estimate of drug-likeness (QED) is 0.262. The minimum Gasteiger partial charge on any atom is -0.459 e. The van der Waals surface area contributed by atoms with Crippen molar-refractivity contribution >= 4 is 58.0 Å². The molecule has 2 fully saturated rings. The van der Waals surface area contributed by atoms with E-state index in [0.29, 0.717) is 43.5 Å². The van der Waals surface area contributed by atoms with Crippen molar-refractivity contribution in [2.45, 2.75) is 12.1 Å². The first kappa shape index (κ1) is 23.1. The zero-order valence-corrected chi connectivity index (χ0v) is 20.7. The lowest BCUT2D eigenvalue weighted by Gasteiger charge is -2.27. The third-order valence-electron chi connectivity index (χ3n) is 6.33. The molecule has 6 nitrogen and oxygen atoms in total. The van der Waals surface area contributed by atoms with Crippen LogP contribution in [-0.4, -0.2) is 17.9 Å². The van der Waals surface area contributed by atoms with Gasteiger partial charge in [0.2, 0.25) is 5.91 Å². The molecule has 2 amide bonds. The van der Waals surface area contributed by atoms with Gasteiger partial charge in [-0.1, -0.05) is 53.0 Å². The largest absolute Gasteiger partial charge is 0.459 e. The van der Waals surface area contributed by atoms with Gasteiger partial charge >= 0.3 is 0 Å². The highest BCUT2D eigenvalue weighted by atomic mass is 35.5. The lowest BCUT2D eigenvalue weighted by Crippen LogP contribution is -2.37. The van der Waals surface area contributed by atoms with E-state index in [9.17, 15) is 9.59 Å². The molecule has 0 spiro atoms. The Labute approximate surface area is 221 Å². The molecule has 0 bridgehead atoms. The molecular formula is C27H17Cl3N2O4. The van der Waals surface area contributed by atoms with Gasteiger partial charge in [0.25, 0.3) is 5.91 Å². The second-order valence-electron chi connectivity index (χ2n) is 8.47. The van der Waals surface area contributed by atoms with Crippen molar-refractivity contribution < 1.29 is 18.8 Å². The summed E-state index contributed by atoms with van der Waals surface area (Å²) in [5.41, 5.74) is 1.79. The molecule has 0 saturated carbocycles. The molecule has 36 heavy (non-hydrogen) atoms. The van der Waals surface area contributed by atoms with Crippen LogP contribution in [0, 0.1) is 5.92 Å². The van der Waals surface area contributed by atoms with Gasteiger partial charge in [0.05, 0.1) is 16.4 Å². The fraction of sp³-hybridized carbons (Fsp3) is 0.111. The van der Waals surface area contributed by atoms with Crippen LogP contribution in [0.15, 0.2) is 89.3 Å². The number of nitrogens with zero attached hydrogens (tertiary/aromatic N) is 2. The number of amides is 2. The summed E-state index contributed by atoms with van der Waals surface area (Å²) in [5, 5.41) is 3.03. The predicted octanol–water partition coefficient (Wildman–Crippen LogP) is 6.96. The summed E-state index contributed by atoms with van der Waals surface area (Å²) >= 11 is 18.4. The Balaban J connectivity index is 1.42.